The van der Waals surface area contributed by atoms with Gasteiger partial charge in [-0.3, -0.25) is 14.9 Å². The van der Waals surface area contributed by atoms with Gasteiger partial charge in [-0.25, -0.2) is 9.69 Å². The van der Waals surface area contributed by atoms with Crippen molar-refractivity contribution in [1.29, 1.82) is 0 Å². The zero-order valence-corrected chi connectivity index (χ0v) is 13.9. The van der Waals surface area contributed by atoms with Crippen LogP contribution in [0.2, 0.25) is 0 Å². The Kier molecular flexibility index (Phi) is 4.35. The van der Waals surface area contributed by atoms with Crippen molar-refractivity contribution in [2.75, 3.05) is 23.9 Å². The van der Waals surface area contributed by atoms with Crippen LogP contribution in [0.4, 0.5) is 16.2 Å². The minimum atomic E-state index is -0.749. The number of nitrogens with zero attached hydrogens (tertiary/aromatic N) is 2. The van der Waals surface area contributed by atoms with Gasteiger partial charge in [0.15, 0.2) is 0 Å². The third-order valence-corrected chi connectivity index (χ3v) is 3.84. The van der Waals surface area contributed by atoms with Crippen LogP contribution in [0, 0.1) is 0 Å². The van der Waals surface area contributed by atoms with E-state index in [9.17, 15) is 14.4 Å². The predicted molar refractivity (Wildman–Crippen MR) is 96.2 cm³/mol. The molecule has 0 bridgehead atoms. The molecule has 3 rings (SSSR count). The van der Waals surface area contributed by atoms with Crippen LogP contribution in [0.1, 0.15) is 5.56 Å². The lowest BCUT2D eigenvalue weighted by Crippen LogP contribution is -2.54. The zero-order valence-electron chi connectivity index (χ0n) is 13.9. The van der Waals surface area contributed by atoms with Crippen molar-refractivity contribution in [1.82, 2.24) is 5.32 Å². The Bertz CT molecular complexity index is 855. The van der Waals surface area contributed by atoms with Crippen LogP contribution >= 0.6 is 0 Å². The molecule has 1 heterocycles. The average Bonchev–Trinajstić information content (AvgIpc) is 2.60. The van der Waals surface area contributed by atoms with Crippen LogP contribution in [-0.2, 0) is 9.59 Å². The van der Waals surface area contributed by atoms with Crippen molar-refractivity contribution < 1.29 is 14.4 Å². The number of nitrogens with one attached hydrogen (secondary N) is 1. The summed E-state index contributed by atoms with van der Waals surface area (Å²) in [5, 5.41) is 2.21. The van der Waals surface area contributed by atoms with Gasteiger partial charge >= 0.3 is 6.03 Å². The number of carbonyl (C=O) groups excluding carboxylic acids is 3. The minimum Gasteiger partial charge on any atom is -0.378 e. The fraction of sp³-hybridized carbons (Fsp3) is 0.105. The molecule has 1 fully saturated rings. The first-order valence-electron chi connectivity index (χ1n) is 7.71. The van der Waals surface area contributed by atoms with Gasteiger partial charge in [0.1, 0.15) is 5.57 Å². The summed E-state index contributed by atoms with van der Waals surface area (Å²) in [4.78, 5) is 39.8. The van der Waals surface area contributed by atoms with Crippen LogP contribution in [0.3, 0.4) is 0 Å². The number of amides is 4. The zero-order chi connectivity index (χ0) is 18.0. The molecule has 0 aromatic heterocycles. The van der Waals surface area contributed by atoms with E-state index < -0.39 is 17.8 Å². The Morgan fingerprint density at radius 1 is 0.920 bits per heavy atom. The monoisotopic (exact) mass is 335 g/mol. The van der Waals surface area contributed by atoms with Crippen molar-refractivity contribution in [3.8, 4) is 0 Å². The number of para-hydroxylation sites is 1. The van der Waals surface area contributed by atoms with Gasteiger partial charge in [0.2, 0.25) is 0 Å². The van der Waals surface area contributed by atoms with Crippen molar-refractivity contribution in [2.45, 2.75) is 0 Å². The molecular weight excluding hydrogens is 318 g/mol. The predicted octanol–water partition coefficient (Wildman–Crippen LogP) is 2.42. The molecule has 1 saturated heterocycles. The van der Waals surface area contributed by atoms with Crippen molar-refractivity contribution in [2.24, 2.45) is 0 Å². The highest BCUT2D eigenvalue weighted by Crippen LogP contribution is 2.22. The standard InChI is InChI=1S/C19H17N3O3/c1-21(2)14-10-8-13(9-11-14)12-16-17(23)20-19(25)22(18(16)24)15-6-4-3-5-7-15/h3-12H,1-2H3,(H,20,23,25). The Hall–Kier alpha value is -3.41. The van der Waals surface area contributed by atoms with E-state index in [-0.39, 0.29) is 5.57 Å². The second kappa shape index (κ2) is 6.60. The molecule has 1 aliphatic heterocycles. The summed E-state index contributed by atoms with van der Waals surface area (Å²) in [5.74, 6) is -1.34. The molecule has 0 atom stereocenters. The highest BCUT2D eigenvalue weighted by Gasteiger charge is 2.36. The van der Waals surface area contributed by atoms with E-state index in [0.717, 1.165) is 10.6 Å². The first-order valence-corrected chi connectivity index (χ1v) is 7.71. The third kappa shape index (κ3) is 3.28. The molecule has 2 aromatic rings. The van der Waals surface area contributed by atoms with E-state index >= 15 is 0 Å². The number of urea groups is 1. The fourth-order valence-corrected chi connectivity index (χ4v) is 2.50. The number of carbonyl (C=O) groups is 3. The lowest BCUT2D eigenvalue weighted by Gasteiger charge is -2.26. The number of barbiturate groups is 1. The molecule has 0 radical (unpaired) electrons. The summed E-state index contributed by atoms with van der Waals surface area (Å²) >= 11 is 0. The van der Waals surface area contributed by atoms with Crippen LogP contribution in [-0.4, -0.2) is 31.9 Å². The van der Waals surface area contributed by atoms with Gasteiger partial charge in [-0.2, -0.15) is 0 Å². The number of imide groups is 2. The molecule has 2 aromatic carbocycles. The van der Waals surface area contributed by atoms with Gasteiger partial charge < -0.3 is 4.90 Å². The maximum atomic E-state index is 12.7. The number of rotatable bonds is 3. The largest absolute Gasteiger partial charge is 0.378 e. The topological polar surface area (TPSA) is 69.7 Å². The van der Waals surface area contributed by atoms with Gasteiger partial charge in [0.25, 0.3) is 11.8 Å². The van der Waals surface area contributed by atoms with E-state index in [4.69, 9.17) is 0 Å². The molecule has 1 N–H and O–H groups in total. The second-order valence-electron chi connectivity index (χ2n) is 5.78. The molecule has 4 amide bonds. The molecule has 6 nitrogen and oxygen atoms in total. The third-order valence-electron chi connectivity index (χ3n) is 3.84. The summed E-state index contributed by atoms with van der Waals surface area (Å²) in [6, 6.07) is 15.1. The van der Waals surface area contributed by atoms with Crippen molar-refractivity contribution in [3.63, 3.8) is 0 Å². The summed E-state index contributed by atoms with van der Waals surface area (Å²) in [6.07, 6.45) is 1.49. The molecule has 0 unspecified atom stereocenters. The summed E-state index contributed by atoms with van der Waals surface area (Å²) in [7, 11) is 3.85. The van der Waals surface area contributed by atoms with E-state index in [1.165, 1.54) is 6.08 Å². The molecule has 25 heavy (non-hydrogen) atoms. The summed E-state index contributed by atoms with van der Waals surface area (Å²) in [5.41, 5.74) is 2.03. The van der Waals surface area contributed by atoms with Gasteiger partial charge in [0, 0.05) is 19.8 Å². The van der Waals surface area contributed by atoms with Crippen LogP contribution in [0.25, 0.3) is 6.08 Å². The van der Waals surface area contributed by atoms with E-state index in [2.05, 4.69) is 5.32 Å². The Labute approximate surface area is 145 Å². The van der Waals surface area contributed by atoms with Crippen LogP contribution in [0.15, 0.2) is 60.2 Å². The van der Waals surface area contributed by atoms with Gasteiger partial charge in [-0.15, -0.1) is 0 Å². The number of anilines is 2. The minimum absolute atomic E-state index is 0.0824. The molecular formula is C19H17N3O3. The quantitative estimate of drug-likeness (QED) is 0.691. The van der Waals surface area contributed by atoms with Crippen LogP contribution in [0.5, 0.6) is 0 Å². The number of hydrogen-bond donors (Lipinski definition) is 1. The van der Waals surface area contributed by atoms with Gasteiger partial charge in [-0.05, 0) is 35.9 Å². The van der Waals surface area contributed by atoms with Crippen molar-refractivity contribution >= 4 is 35.3 Å². The van der Waals surface area contributed by atoms with Crippen LogP contribution < -0.4 is 15.1 Å². The van der Waals surface area contributed by atoms with Crippen molar-refractivity contribution in [3.05, 3.63) is 65.7 Å². The Balaban J connectivity index is 1.96. The maximum Gasteiger partial charge on any atom is 0.335 e. The first-order chi connectivity index (χ1) is 12.0. The SMILES string of the molecule is CN(C)c1ccc(C=C2C(=O)NC(=O)N(c3ccccc3)C2=O)cc1. The maximum absolute atomic E-state index is 12.7. The molecule has 1 aliphatic rings. The van der Waals surface area contributed by atoms with E-state index in [0.29, 0.717) is 11.3 Å². The number of benzene rings is 2. The molecule has 6 heteroatoms. The molecule has 126 valence electrons. The molecule has 0 spiro atoms. The molecule has 0 saturated carbocycles. The smallest absolute Gasteiger partial charge is 0.335 e. The first kappa shape index (κ1) is 16.4. The fourth-order valence-electron chi connectivity index (χ4n) is 2.50. The van der Waals surface area contributed by atoms with Gasteiger partial charge in [-0.1, -0.05) is 30.3 Å². The summed E-state index contributed by atoms with van der Waals surface area (Å²) in [6.45, 7) is 0. The summed E-state index contributed by atoms with van der Waals surface area (Å²) < 4.78 is 0. The van der Waals surface area contributed by atoms with E-state index in [1.807, 2.05) is 43.3 Å². The lowest BCUT2D eigenvalue weighted by molar-refractivity contribution is -0.122. The highest BCUT2D eigenvalue weighted by molar-refractivity contribution is 6.39. The average molecular weight is 335 g/mol. The number of hydrogen-bond acceptors (Lipinski definition) is 4. The van der Waals surface area contributed by atoms with E-state index in [1.54, 1.807) is 30.3 Å². The van der Waals surface area contributed by atoms with Gasteiger partial charge in [0.05, 0.1) is 5.69 Å². The molecule has 0 aliphatic carbocycles. The Morgan fingerprint density at radius 3 is 2.16 bits per heavy atom. The lowest BCUT2D eigenvalue weighted by atomic mass is 10.1. The highest BCUT2D eigenvalue weighted by atomic mass is 16.2. The second-order valence-corrected chi connectivity index (χ2v) is 5.78. The normalized spacial score (nSPS) is 16.2. The Morgan fingerprint density at radius 2 is 1.56 bits per heavy atom.